The van der Waals surface area contributed by atoms with Crippen molar-refractivity contribution in [2.24, 2.45) is 5.92 Å². The van der Waals surface area contributed by atoms with Crippen molar-refractivity contribution in [2.75, 3.05) is 0 Å². The fourth-order valence-electron chi connectivity index (χ4n) is 2.15. The number of hydrogen-bond donors (Lipinski definition) is 2. The average molecular weight is 305 g/mol. The zero-order chi connectivity index (χ0) is 15.6. The maximum atomic E-state index is 12.4. The van der Waals surface area contributed by atoms with E-state index < -0.39 is 11.5 Å². The molecule has 0 fully saturated rings. The zero-order valence-electron chi connectivity index (χ0n) is 12.3. The number of carboxylic acids is 1. The molecule has 21 heavy (non-hydrogen) atoms. The Bertz CT molecular complexity index is 677. The zero-order valence-corrected chi connectivity index (χ0v) is 13.2. The highest BCUT2D eigenvalue weighted by Gasteiger charge is 2.33. The van der Waals surface area contributed by atoms with Gasteiger partial charge in [0.2, 0.25) is 0 Å². The van der Waals surface area contributed by atoms with Crippen LogP contribution in [-0.4, -0.2) is 22.5 Å². The molecule has 2 N–H and O–H groups in total. The molecule has 1 atom stereocenters. The number of rotatable bonds is 5. The molecule has 4 nitrogen and oxygen atoms in total. The minimum atomic E-state index is -0.917. The summed E-state index contributed by atoms with van der Waals surface area (Å²) in [5, 5.41) is 14.9. The van der Waals surface area contributed by atoms with Crippen LogP contribution in [0.5, 0.6) is 0 Å². The number of aliphatic carboxylic acids is 1. The Balaban J connectivity index is 2.23. The first-order chi connectivity index (χ1) is 9.82. The summed E-state index contributed by atoms with van der Waals surface area (Å²) in [4.78, 5) is 23.4. The van der Waals surface area contributed by atoms with Gasteiger partial charge in [-0.25, -0.2) is 0 Å². The van der Waals surface area contributed by atoms with Crippen LogP contribution < -0.4 is 5.32 Å². The van der Waals surface area contributed by atoms with Crippen molar-refractivity contribution in [1.82, 2.24) is 5.32 Å². The summed E-state index contributed by atoms with van der Waals surface area (Å²) in [5.41, 5.74) is -0.217. The Kier molecular flexibility index (Phi) is 4.32. The number of hydrogen-bond acceptors (Lipinski definition) is 3. The monoisotopic (exact) mass is 305 g/mol. The van der Waals surface area contributed by atoms with Gasteiger partial charge in [-0.05, 0) is 47.9 Å². The van der Waals surface area contributed by atoms with E-state index in [1.54, 1.807) is 24.3 Å². The Morgan fingerprint density at radius 2 is 2.05 bits per heavy atom. The van der Waals surface area contributed by atoms with Gasteiger partial charge in [0.1, 0.15) is 0 Å². The molecular weight excluding hydrogens is 286 g/mol. The minimum Gasteiger partial charge on any atom is -0.481 e. The number of fused-ring (bicyclic) bond motifs is 1. The second-order valence-corrected chi connectivity index (χ2v) is 6.72. The topological polar surface area (TPSA) is 66.4 Å². The molecule has 0 aliphatic carbocycles. The van der Waals surface area contributed by atoms with E-state index >= 15 is 0 Å². The van der Waals surface area contributed by atoms with Crippen molar-refractivity contribution in [2.45, 2.75) is 32.7 Å². The predicted molar refractivity (Wildman–Crippen MR) is 84.8 cm³/mol. The van der Waals surface area contributed by atoms with E-state index in [9.17, 15) is 9.59 Å². The largest absolute Gasteiger partial charge is 0.481 e. The highest BCUT2D eigenvalue weighted by molar-refractivity contribution is 7.17. The normalized spacial score (nSPS) is 14.1. The number of benzene rings is 1. The van der Waals surface area contributed by atoms with Crippen LogP contribution in [0.4, 0.5) is 0 Å². The Labute approximate surface area is 127 Å². The highest BCUT2D eigenvalue weighted by atomic mass is 32.1. The quantitative estimate of drug-likeness (QED) is 0.888. The van der Waals surface area contributed by atoms with Crippen molar-refractivity contribution in [1.29, 1.82) is 0 Å². The van der Waals surface area contributed by atoms with Crippen molar-refractivity contribution in [3.8, 4) is 0 Å². The first-order valence-electron chi connectivity index (χ1n) is 6.83. The maximum absolute atomic E-state index is 12.4. The molecule has 1 unspecified atom stereocenters. The first-order valence-corrected chi connectivity index (χ1v) is 7.71. The van der Waals surface area contributed by atoms with E-state index in [2.05, 4.69) is 5.32 Å². The number of amides is 1. The lowest BCUT2D eigenvalue weighted by Gasteiger charge is -2.33. The molecule has 5 heteroatoms. The van der Waals surface area contributed by atoms with Crippen LogP contribution in [0.2, 0.25) is 0 Å². The molecule has 1 amide bonds. The Morgan fingerprint density at radius 1 is 1.33 bits per heavy atom. The molecule has 0 aliphatic heterocycles. The maximum Gasteiger partial charge on any atom is 0.305 e. The summed E-state index contributed by atoms with van der Waals surface area (Å²) in [6, 6.07) is 7.49. The van der Waals surface area contributed by atoms with Gasteiger partial charge in [0.15, 0.2) is 0 Å². The second-order valence-electron chi connectivity index (χ2n) is 5.77. The van der Waals surface area contributed by atoms with Gasteiger partial charge in [-0.1, -0.05) is 13.8 Å². The van der Waals surface area contributed by atoms with Gasteiger partial charge < -0.3 is 10.4 Å². The van der Waals surface area contributed by atoms with Crippen LogP contribution in [0, 0.1) is 5.92 Å². The number of carbonyl (C=O) groups is 2. The molecule has 0 aliphatic rings. The lowest BCUT2D eigenvalue weighted by Crippen LogP contribution is -2.51. The fraction of sp³-hybridized carbons (Fsp3) is 0.375. The Hall–Kier alpha value is -1.88. The van der Waals surface area contributed by atoms with Crippen molar-refractivity contribution >= 4 is 33.3 Å². The molecule has 2 aromatic rings. The van der Waals surface area contributed by atoms with Crippen LogP contribution in [0.1, 0.15) is 37.6 Å². The molecule has 2 rings (SSSR count). The van der Waals surface area contributed by atoms with Gasteiger partial charge in [-0.3, -0.25) is 9.59 Å². The minimum absolute atomic E-state index is 0.0161. The van der Waals surface area contributed by atoms with Crippen LogP contribution in [-0.2, 0) is 4.79 Å². The average Bonchev–Trinajstić information content (AvgIpc) is 2.84. The molecule has 0 saturated carbocycles. The third kappa shape index (κ3) is 3.42. The molecule has 0 spiro atoms. The van der Waals surface area contributed by atoms with E-state index in [0.717, 1.165) is 10.1 Å². The number of thiophene rings is 1. The van der Waals surface area contributed by atoms with Crippen molar-refractivity contribution in [3.63, 3.8) is 0 Å². The standard InChI is InChI=1S/C16H19NO3S/c1-10(2)16(3,9-14(18)19)17-15(20)12-4-5-13-11(8-12)6-7-21-13/h4-8,10H,9H2,1-3H3,(H,17,20)(H,18,19). The molecule has 0 bridgehead atoms. The first kappa shape index (κ1) is 15.5. The predicted octanol–water partition coefficient (Wildman–Crippen LogP) is 3.52. The van der Waals surface area contributed by atoms with E-state index in [1.165, 1.54) is 0 Å². The summed E-state index contributed by atoms with van der Waals surface area (Å²) < 4.78 is 1.13. The van der Waals surface area contributed by atoms with Gasteiger partial charge in [0.25, 0.3) is 5.91 Å². The van der Waals surface area contributed by atoms with Crippen molar-refractivity contribution in [3.05, 3.63) is 35.2 Å². The lowest BCUT2D eigenvalue weighted by atomic mass is 9.85. The van der Waals surface area contributed by atoms with Gasteiger partial charge in [-0.2, -0.15) is 0 Å². The van der Waals surface area contributed by atoms with E-state index in [0.29, 0.717) is 5.56 Å². The summed E-state index contributed by atoms with van der Waals surface area (Å²) in [6.07, 6.45) is -0.100. The highest BCUT2D eigenvalue weighted by Crippen LogP contribution is 2.24. The second kappa shape index (κ2) is 5.85. The van der Waals surface area contributed by atoms with Gasteiger partial charge in [0.05, 0.1) is 12.0 Å². The molecule has 112 valence electrons. The van der Waals surface area contributed by atoms with Crippen molar-refractivity contribution < 1.29 is 14.7 Å². The number of nitrogens with one attached hydrogen (secondary N) is 1. The van der Waals surface area contributed by atoms with E-state index in [1.807, 2.05) is 37.4 Å². The smallest absolute Gasteiger partial charge is 0.305 e. The van der Waals surface area contributed by atoms with Crippen LogP contribution in [0.3, 0.4) is 0 Å². The Morgan fingerprint density at radius 3 is 2.67 bits per heavy atom. The third-order valence-corrected chi connectivity index (χ3v) is 4.80. The molecule has 0 radical (unpaired) electrons. The summed E-state index contributed by atoms with van der Waals surface area (Å²) >= 11 is 1.62. The molecule has 1 heterocycles. The fourth-order valence-corrected chi connectivity index (χ4v) is 2.92. The summed E-state index contributed by atoms with van der Waals surface area (Å²) in [5.74, 6) is -1.14. The van der Waals surface area contributed by atoms with Crippen LogP contribution >= 0.6 is 11.3 Å². The number of carbonyl (C=O) groups excluding carboxylic acids is 1. The van der Waals surface area contributed by atoms with Gasteiger partial charge in [-0.15, -0.1) is 11.3 Å². The van der Waals surface area contributed by atoms with E-state index in [-0.39, 0.29) is 18.2 Å². The van der Waals surface area contributed by atoms with Gasteiger partial charge in [0, 0.05) is 10.3 Å². The van der Waals surface area contributed by atoms with E-state index in [4.69, 9.17) is 5.11 Å². The molecular formula is C16H19NO3S. The van der Waals surface area contributed by atoms with Crippen LogP contribution in [0.15, 0.2) is 29.6 Å². The third-order valence-electron chi connectivity index (χ3n) is 3.91. The number of carboxylic acid groups (broad SMARTS) is 1. The summed E-state index contributed by atoms with van der Waals surface area (Å²) in [7, 11) is 0. The van der Waals surface area contributed by atoms with Crippen LogP contribution in [0.25, 0.3) is 10.1 Å². The van der Waals surface area contributed by atoms with Gasteiger partial charge >= 0.3 is 5.97 Å². The summed E-state index contributed by atoms with van der Waals surface area (Å²) in [6.45, 7) is 5.59. The molecule has 1 aromatic carbocycles. The lowest BCUT2D eigenvalue weighted by molar-refractivity contribution is -0.138. The molecule has 1 aromatic heterocycles. The SMILES string of the molecule is CC(C)C(C)(CC(=O)O)NC(=O)c1ccc2sccc2c1. The molecule has 0 saturated heterocycles.